The Morgan fingerprint density at radius 1 is 0.864 bits per heavy atom. The molecule has 44 heavy (non-hydrogen) atoms. The van der Waals surface area contributed by atoms with E-state index in [1.165, 1.54) is 6.26 Å². The number of benzene rings is 4. The third kappa shape index (κ3) is 6.46. The van der Waals surface area contributed by atoms with E-state index in [2.05, 4.69) is 20.5 Å². The zero-order chi connectivity index (χ0) is 30.7. The van der Waals surface area contributed by atoms with E-state index in [1.54, 1.807) is 61.1 Å². The van der Waals surface area contributed by atoms with Gasteiger partial charge in [-0.05, 0) is 71.3 Å². The van der Waals surface area contributed by atoms with Crippen molar-refractivity contribution in [3.63, 3.8) is 0 Å². The van der Waals surface area contributed by atoms with Crippen molar-refractivity contribution < 1.29 is 17.6 Å². The summed E-state index contributed by atoms with van der Waals surface area (Å²) in [6.45, 7) is 0.399. The Kier molecular flexibility index (Phi) is 8.10. The average Bonchev–Trinajstić information content (AvgIpc) is 3.74. The quantitative estimate of drug-likeness (QED) is 0.195. The van der Waals surface area contributed by atoms with Crippen LogP contribution >= 0.6 is 11.6 Å². The Bertz CT molecular complexity index is 2010. The van der Waals surface area contributed by atoms with Crippen LogP contribution in [0.5, 0.6) is 0 Å². The Morgan fingerprint density at radius 2 is 1.50 bits per heavy atom. The molecule has 0 saturated heterocycles. The Hall–Kier alpha value is -5.06. The first-order valence-electron chi connectivity index (χ1n) is 13.6. The van der Waals surface area contributed by atoms with Crippen molar-refractivity contribution in [2.45, 2.75) is 17.5 Å². The SMILES string of the molecule is CS(=O)(=O)c1ccc(-c2ccc([C@H](Cn3ccnc3)NC(=O)c3ccc(-c4nnc(-c5ccccc5)o4)cc3)c(Cl)c2)cc1. The molecule has 0 spiro atoms. The fourth-order valence-corrected chi connectivity index (χ4v) is 5.70. The van der Waals surface area contributed by atoms with E-state index in [4.69, 9.17) is 16.0 Å². The molecule has 1 N–H and O–H groups in total. The van der Waals surface area contributed by atoms with Crippen LogP contribution in [0.1, 0.15) is 22.0 Å². The molecule has 0 saturated carbocycles. The second-order valence-electron chi connectivity index (χ2n) is 10.2. The summed E-state index contributed by atoms with van der Waals surface area (Å²) in [5.74, 6) is 0.485. The fourth-order valence-electron chi connectivity index (χ4n) is 4.75. The van der Waals surface area contributed by atoms with Crippen LogP contribution in [0, 0.1) is 0 Å². The highest BCUT2D eigenvalue weighted by atomic mass is 35.5. The van der Waals surface area contributed by atoms with Crippen LogP contribution in [0.15, 0.2) is 125 Å². The van der Waals surface area contributed by atoms with E-state index in [1.807, 2.05) is 59.3 Å². The number of amides is 1. The molecule has 11 heteroatoms. The number of rotatable bonds is 9. The Morgan fingerprint density at radius 3 is 2.11 bits per heavy atom. The standard InChI is InChI=1S/C33H26ClN5O4S/c1-44(41,42)27-14-11-22(12-15-27)26-13-16-28(29(34)19-26)30(20-39-18-17-35-21-39)36-31(40)23-7-9-25(10-8-23)33-38-37-32(43-33)24-5-3-2-4-6-24/h2-19,21,30H,20H2,1H3,(H,36,40)/t30-/m0/s1. The molecule has 0 bridgehead atoms. The molecule has 6 rings (SSSR count). The summed E-state index contributed by atoms with van der Waals surface area (Å²) in [4.78, 5) is 17.8. The Balaban J connectivity index is 1.22. The second kappa shape index (κ2) is 12.3. The van der Waals surface area contributed by atoms with Gasteiger partial charge in [0.25, 0.3) is 5.91 Å². The predicted molar refractivity (Wildman–Crippen MR) is 168 cm³/mol. The van der Waals surface area contributed by atoms with Gasteiger partial charge in [0.2, 0.25) is 11.8 Å². The van der Waals surface area contributed by atoms with Crippen molar-refractivity contribution >= 4 is 27.3 Å². The van der Waals surface area contributed by atoms with Gasteiger partial charge in [0.15, 0.2) is 9.84 Å². The van der Waals surface area contributed by atoms with Crippen LogP contribution in [0.2, 0.25) is 5.02 Å². The smallest absolute Gasteiger partial charge is 0.251 e. The number of hydrogen-bond donors (Lipinski definition) is 1. The summed E-state index contributed by atoms with van der Waals surface area (Å²) in [5, 5.41) is 11.9. The molecule has 0 aliphatic heterocycles. The van der Waals surface area contributed by atoms with E-state index in [9.17, 15) is 13.2 Å². The molecule has 0 unspecified atom stereocenters. The summed E-state index contributed by atoms with van der Waals surface area (Å²) in [7, 11) is -3.30. The van der Waals surface area contributed by atoms with Crippen molar-refractivity contribution in [1.82, 2.24) is 25.1 Å². The number of hydrogen-bond acceptors (Lipinski definition) is 7. The number of imidazole rings is 1. The van der Waals surface area contributed by atoms with Crippen molar-refractivity contribution in [1.29, 1.82) is 0 Å². The second-order valence-corrected chi connectivity index (χ2v) is 12.6. The topological polar surface area (TPSA) is 120 Å². The van der Waals surface area contributed by atoms with E-state index in [0.29, 0.717) is 34.5 Å². The number of halogens is 1. The lowest BCUT2D eigenvalue weighted by atomic mass is 10.00. The minimum Gasteiger partial charge on any atom is -0.416 e. The molecule has 4 aromatic carbocycles. The molecule has 220 valence electrons. The normalized spacial score (nSPS) is 12.1. The number of sulfone groups is 1. The van der Waals surface area contributed by atoms with Crippen LogP contribution in [-0.4, -0.2) is 40.3 Å². The number of carbonyl (C=O) groups excluding carboxylic acids is 1. The molecule has 1 atom stereocenters. The van der Waals surface area contributed by atoms with E-state index in [0.717, 1.165) is 22.3 Å². The lowest BCUT2D eigenvalue weighted by Crippen LogP contribution is -2.31. The predicted octanol–water partition coefficient (Wildman–Crippen LogP) is 6.50. The maximum absolute atomic E-state index is 13.4. The third-order valence-corrected chi connectivity index (χ3v) is 8.55. The minimum atomic E-state index is -3.30. The molecule has 2 heterocycles. The third-order valence-electron chi connectivity index (χ3n) is 7.09. The fraction of sp³-hybridized carbons (Fsp3) is 0.0909. The molecule has 6 aromatic rings. The van der Waals surface area contributed by atoms with Crippen molar-refractivity contribution in [2.24, 2.45) is 0 Å². The van der Waals surface area contributed by atoms with E-state index in [-0.39, 0.29) is 10.8 Å². The van der Waals surface area contributed by atoms with Crippen LogP contribution < -0.4 is 5.32 Å². The summed E-state index contributed by atoms with van der Waals surface area (Å²) < 4.78 is 31.4. The summed E-state index contributed by atoms with van der Waals surface area (Å²) >= 11 is 6.79. The summed E-state index contributed by atoms with van der Waals surface area (Å²) in [6.07, 6.45) is 6.33. The molecule has 9 nitrogen and oxygen atoms in total. The highest BCUT2D eigenvalue weighted by Crippen LogP contribution is 2.31. The number of aromatic nitrogens is 4. The van der Waals surface area contributed by atoms with Crippen molar-refractivity contribution in [3.8, 4) is 34.0 Å². The first kappa shape index (κ1) is 29.0. The monoisotopic (exact) mass is 623 g/mol. The van der Waals surface area contributed by atoms with Gasteiger partial charge in [-0.15, -0.1) is 10.2 Å². The number of carbonyl (C=O) groups is 1. The molecule has 0 fully saturated rings. The van der Waals surface area contributed by atoms with Crippen molar-refractivity contribution in [3.05, 3.63) is 132 Å². The van der Waals surface area contributed by atoms with Gasteiger partial charge in [-0.25, -0.2) is 13.4 Å². The van der Waals surface area contributed by atoms with Crippen LogP contribution in [0.4, 0.5) is 0 Å². The van der Waals surface area contributed by atoms with E-state index >= 15 is 0 Å². The number of nitrogens with zero attached hydrogens (tertiary/aromatic N) is 4. The van der Waals surface area contributed by atoms with Crippen LogP contribution in [0.25, 0.3) is 34.0 Å². The summed E-state index contributed by atoms with van der Waals surface area (Å²) in [6, 6.07) is 28.1. The zero-order valence-corrected chi connectivity index (χ0v) is 25.0. The van der Waals surface area contributed by atoms with Crippen molar-refractivity contribution in [2.75, 3.05) is 6.26 Å². The zero-order valence-electron chi connectivity index (χ0n) is 23.5. The lowest BCUT2D eigenvalue weighted by molar-refractivity contribution is 0.0932. The molecule has 0 radical (unpaired) electrons. The van der Waals surface area contributed by atoms with Gasteiger partial charge in [0, 0.05) is 46.9 Å². The van der Waals surface area contributed by atoms with Gasteiger partial charge >= 0.3 is 0 Å². The molecule has 1 amide bonds. The maximum Gasteiger partial charge on any atom is 0.251 e. The molecular formula is C33H26ClN5O4S. The maximum atomic E-state index is 13.4. The highest BCUT2D eigenvalue weighted by Gasteiger charge is 2.20. The number of nitrogens with one attached hydrogen (secondary N) is 1. The molecule has 0 aliphatic rings. The highest BCUT2D eigenvalue weighted by molar-refractivity contribution is 7.90. The van der Waals surface area contributed by atoms with Gasteiger partial charge in [-0.1, -0.05) is 54.1 Å². The van der Waals surface area contributed by atoms with Gasteiger partial charge in [0.05, 0.1) is 17.3 Å². The van der Waals surface area contributed by atoms with Crippen LogP contribution in [0.3, 0.4) is 0 Å². The van der Waals surface area contributed by atoms with E-state index < -0.39 is 15.9 Å². The van der Waals surface area contributed by atoms with Gasteiger partial charge in [0.1, 0.15) is 0 Å². The molecule has 2 aromatic heterocycles. The van der Waals surface area contributed by atoms with Gasteiger partial charge < -0.3 is 14.3 Å². The average molecular weight is 624 g/mol. The first-order valence-corrected chi connectivity index (χ1v) is 15.9. The summed E-state index contributed by atoms with van der Waals surface area (Å²) in [5.41, 5.74) is 4.32. The van der Waals surface area contributed by atoms with Crippen LogP contribution in [-0.2, 0) is 16.4 Å². The van der Waals surface area contributed by atoms with Gasteiger partial charge in [-0.2, -0.15) is 0 Å². The van der Waals surface area contributed by atoms with Gasteiger partial charge in [-0.3, -0.25) is 4.79 Å². The minimum absolute atomic E-state index is 0.245. The molecule has 0 aliphatic carbocycles. The Labute approximate surface area is 259 Å². The lowest BCUT2D eigenvalue weighted by Gasteiger charge is -2.22. The largest absolute Gasteiger partial charge is 0.416 e. The molecular weight excluding hydrogens is 598 g/mol. The first-order chi connectivity index (χ1) is 21.2.